The number of likely N-dealkylation sites (N-methyl/N-ethyl adjacent to an activating group) is 1. The van der Waals surface area contributed by atoms with E-state index in [-0.39, 0.29) is 5.69 Å². The smallest absolute Gasteiger partial charge is 0.270 e. The average molecular weight is 303 g/mol. The quantitative estimate of drug-likeness (QED) is 0.633. The van der Waals surface area contributed by atoms with E-state index in [1.165, 1.54) is 12.1 Å². The first kappa shape index (κ1) is 16.2. The van der Waals surface area contributed by atoms with Crippen LogP contribution in [0.5, 0.6) is 0 Å². The van der Waals surface area contributed by atoms with E-state index in [1.807, 2.05) is 6.07 Å². The lowest BCUT2D eigenvalue weighted by atomic mass is 10.1. The molecule has 1 aliphatic rings. The van der Waals surface area contributed by atoms with E-state index < -0.39 is 4.92 Å². The van der Waals surface area contributed by atoms with Gasteiger partial charge in [0.25, 0.3) is 5.69 Å². The first-order chi connectivity index (χ1) is 10.6. The molecule has 22 heavy (non-hydrogen) atoms. The summed E-state index contributed by atoms with van der Waals surface area (Å²) < 4.78 is 0. The van der Waals surface area contributed by atoms with Gasteiger partial charge in [-0.05, 0) is 12.6 Å². The van der Waals surface area contributed by atoms with Gasteiger partial charge >= 0.3 is 0 Å². The fraction of sp³-hybridized carbons (Fsp3) is 0.533. The highest BCUT2D eigenvalue weighted by Gasteiger charge is 2.15. The second-order valence-electron chi connectivity index (χ2n) is 5.30. The Bertz CT molecular complexity index is 562. The van der Waals surface area contributed by atoms with Gasteiger partial charge < -0.3 is 10.2 Å². The van der Waals surface area contributed by atoms with Crippen LogP contribution in [-0.2, 0) is 0 Å². The third kappa shape index (κ3) is 4.16. The number of nitro groups is 1. The second kappa shape index (κ2) is 7.73. The summed E-state index contributed by atoms with van der Waals surface area (Å²) in [4.78, 5) is 15.0. The molecule has 1 fully saturated rings. The zero-order chi connectivity index (χ0) is 15.9. The first-order valence-electron chi connectivity index (χ1n) is 7.51. The summed E-state index contributed by atoms with van der Waals surface area (Å²) in [5.41, 5.74) is 0.906. The fourth-order valence-electron chi connectivity index (χ4n) is 2.57. The summed E-state index contributed by atoms with van der Waals surface area (Å²) in [6.07, 6.45) is 0. The van der Waals surface area contributed by atoms with Crippen molar-refractivity contribution in [1.29, 1.82) is 5.26 Å². The predicted molar refractivity (Wildman–Crippen MR) is 84.9 cm³/mol. The highest BCUT2D eigenvalue weighted by Crippen LogP contribution is 2.21. The van der Waals surface area contributed by atoms with Crippen molar-refractivity contribution in [2.45, 2.75) is 6.92 Å². The van der Waals surface area contributed by atoms with Crippen LogP contribution in [0.15, 0.2) is 18.2 Å². The molecule has 0 aromatic heterocycles. The maximum absolute atomic E-state index is 10.7. The van der Waals surface area contributed by atoms with E-state index in [4.69, 9.17) is 5.26 Å². The van der Waals surface area contributed by atoms with Gasteiger partial charge in [-0.3, -0.25) is 15.0 Å². The van der Waals surface area contributed by atoms with Crippen molar-refractivity contribution in [1.82, 2.24) is 9.80 Å². The molecule has 118 valence electrons. The standard InChI is InChI=1S/C15H21N5O2/c1-2-18-7-9-19(10-8-18)6-5-17-15-4-3-14(20(21)22)11-13(15)12-16/h3-4,11,17H,2,5-10H2,1H3. The largest absolute Gasteiger partial charge is 0.383 e. The van der Waals surface area contributed by atoms with Gasteiger partial charge in [-0.25, -0.2) is 0 Å². The van der Waals surface area contributed by atoms with Crippen LogP contribution in [0.3, 0.4) is 0 Å². The SMILES string of the molecule is CCN1CCN(CCNc2ccc([N+](=O)[O-])cc2C#N)CC1. The Kier molecular flexibility index (Phi) is 5.69. The molecule has 1 aromatic rings. The Labute approximate surface area is 130 Å². The number of piperazine rings is 1. The van der Waals surface area contributed by atoms with Crippen molar-refractivity contribution in [2.75, 3.05) is 51.1 Å². The van der Waals surface area contributed by atoms with E-state index >= 15 is 0 Å². The molecular weight excluding hydrogens is 282 g/mol. The monoisotopic (exact) mass is 303 g/mol. The van der Waals surface area contributed by atoms with Gasteiger partial charge in [-0.1, -0.05) is 6.92 Å². The van der Waals surface area contributed by atoms with Gasteiger partial charge in [-0.2, -0.15) is 5.26 Å². The average Bonchev–Trinajstić information content (AvgIpc) is 2.55. The minimum absolute atomic E-state index is 0.0576. The number of benzene rings is 1. The van der Waals surface area contributed by atoms with Crippen LogP contribution < -0.4 is 5.32 Å². The number of hydrogen-bond acceptors (Lipinski definition) is 6. The van der Waals surface area contributed by atoms with Gasteiger partial charge in [0.2, 0.25) is 0 Å². The normalized spacial score (nSPS) is 16.2. The van der Waals surface area contributed by atoms with Gasteiger partial charge in [0.15, 0.2) is 0 Å². The lowest BCUT2D eigenvalue weighted by molar-refractivity contribution is -0.384. The number of rotatable bonds is 6. The van der Waals surface area contributed by atoms with Crippen LogP contribution in [0.4, 0.5) is 11.4 Å². The molecule has 1 saturated heterocycles. The molecule has 0 spiro atoms. The van der Waals surface area contributed by atoms with Crippen LogP contribution in [0.2, 0.25) is 0 Å². The molecule has 0 bridgehead atoms. The predicted octanol–water partition coefficient (Wildman–Crippen LogP) is 1.52. The number of nitrogens with zero attached hydrogens (tertiary/aromatic N) is 4. The molecule has 2 rings (SSSR count). The fourth-order valence-corrected chi connectivity index (χ4v) is 2.57. The molecule has 1 aliphatic heterocycles. The third-order valence-corrected chi connectivity index (χ3v) is 3.99. The number of anilines is 1. The Balaban J connectivity index is 1.85. The molecule has 7 nitrogen and oxygen atoms in total. The second-order valence-corrected chi connectivity index (χ2v) is 5.30. The van der Waals surface area contributed by atoms with Crippen LogP contribution in [0.1, 0.15) is 12.5 Å². The van der Waals surface area contributed by atoms with Gasteiger partial charge in [0.1, 0.15) is 6.07 Å². The summed E-state index contributed by atoms with van der Waals surface area (Å²) in [6.45, 7) is 9.20. The Morgan fingerprint density at radius 3 is 2.59 bits per heavy atom. The molecule has 1 aromatic carbocycles. The van der Waals surface area contributed by atoms with E-state index in [9.17, 15) is 10.1 Å². The van der Waals surface area contributed by atoms with Crippen molar-refractivity contribution in [3.8, 4) is 6.07 Å². The van der Waals surface area contributed by atoms with Crippen molar-refractivity contribution in [3.63, 3.8) is 0 Å². The van der Waals surface area contributed by atoms with Crippen molar-refractivity contribution in [3.05, 3.63) is 33.9 Å². The lowest BCUT2D eigenvalue weighted by Gasteiger charge is -2.34. The molecule has 0 aliphatic carbocycles. The minimum atomic E-state index is -0.488. The summed E-state index contributed by atoms with van der Waals surface area (Å²) in [7, 11) is 0. The first-order valence-corrected chi connectivity index (χ1v) is 7.51. The number of non-ortho nitro benzene ring substituents is 1. The topological polar surface area (TPSA) is 85.4 Å². The molecule has 1 heterocycles. The Morgan fingerprint density at radius 1 is 1.32 bits per heavy atom. The highest BCUT2D eigenvalue weighted by atomic mass is 16.6. The number of hydrogen-bond donors (Lipinski definition) is 1. The van der Waals surface area contributed by atoms with Crippen LogP contribution >= 0.6 is 0 Å². The van der Waals surface area contributed by atoms with Crippen LogP contribution in [0.25, 0.3) is 0 Å². The van der Waals surface area contributed by atoms with Crippen LogP contribution in [0, 0.1) is 21.4 Å². The summed E-state index contributed by atoms with van der Waals surface area (Å²) >= 11 is 0. The number of nitriles is 1. The maximum Gasteiger partial charge on any atom is 0.270 e. The maximum atomic E-state index is 10.7. The van der Waals surface area contributed by atoms with Crippen molar-refractivity contribution in [2.24, 2.45) is 0 Å². The Morgan fingerprint density at radius 2 is 2.00 bits per heavy atom. The molecule has 1 N–H and O–H groups in total. The molecule has 0 atom stereocenters. The van der Waals surface area contributed by atoms with Crippen LogP contribution in [-0.4, -0.2) is 60.5 Å². The lowest BCUT2D eigenvalue weighted by Crippen LogP contribution is -2.47. The van der Waals surface area contributed by atoms with Gasteiger partial charge in [0.05, 0.1) is 16.2 Å². The summed E-state index contributed by atoms with van der Waals surface area (Å²) in [6, 6.07) is 6.34. The zero-order valence-corrected chi connectivity index (χ0v) is 12.8. The minimum Gasteiger partial charge on any atom is -0.383 e. The molecule has 0 amide bonds. The summed E-state index contributed by atoms with van der Waals surface area (Å²) in [5.74, 6) is 0. The summed E-state index contributed by atoms with van der Waals surface area (Å²) in [5, 5.41) is 23.0. The number of nitro benzene ring substituents is 1. The zero-order valence-electron chi connectivity index (χ0n) is 12.8. The van der Waals surface area contributed by atoms with Gasteiger partial charge in [0, 0.05) is 51.4 Å². The van der Waals surface area contributed by atoms with E-state index in [2.05, 4.69) is 22.0 Å². The van der Waals surface area contributed by atoms with E-state index in [0.717, 1.165) is 45.8 Å². The molecule has 0 saturated carbocycles. The molecule has 7 heteroatoms. The van der Waals surface area contributed by atoms with Crippen molar-refractivity contribution >= 4 is 11.4 Å². The van der Waals surface area contributed by atoms with Gasteiger partial charge in [-0.15, -0.1) is 0 Å². The number of nitrogens with one attached hydrogen (secondary N) is 1. The molecule has 0 unspecified atom stereocenters. The van der Waals surface area contributed by atoms with E-state index in [0.29, 0.717) is 11.3 Å². The molecular formula is C15H21N5O2. The Hall–Kier alpha value is -2.17. The van der Waals surface area contributed by atoms with Crippen molar-refractivity contribution < 1.29 is 4.92 Å². The third-order valence-electron chi connectivity index (χ3n) is 3.99. The highest BCUT2D eigenvalue weighted by molar-refractivity contribution is 5.61. The molecule has 0 radical (unpaired) electrons. The van der Waals surface area contributed by atoms with E-state index in [1.54, 1.807) is 6.07 Å².